The van der Waals surface area contributed by atoms with E-state index in [-0.39, 0.29) is 43.1 Å². The average molecular weight is 627 g/mol. The van der Waals surface area contributed by atoms with Gasteiger partial charge in [0.15, 0.2) is 0 Å². The number of carbonyl (C=O) groups is 1. The monoisotopic (exact) mass is 624 g/mol. The predicted octanol–water partition coefficient (Wildman–Crippen LogP) is 5.75. The van der Waals surface area contributed by atoms with Gasteiger partial charge in [-0.15, -0.1) is 37.2 Å². The molecule has 0 radical (unpaired) electrons. The number of hydrogen-bond donors (Lipinski definition) is 1. The van der Waals surface area contributed by atoms with Crippen LogP contribution in [0.25, 0.3) is 0 Å². The minimum Gasteiger partial charge on any atom is -0.333 e. The molecule has 2 aliphatic heterocycles. The van der Waals surface area contributed by atoms with Crippen LogP contribution in [0, 0.1) is 0 Å². The largest absolute Gasteiger partial charge is 0.333 e. The Hall–Kier alpha value is -1.83. The number of benzene rings is 3. The molecule has 5 rings (SSSR count). The summed E-state index contributed by atoms with van der Waals surface area (Å²) in [6.45, 7) is 9.30. The third kappa shape index (κ3) is 9.63. The second-order valence-electron chi connectivity index (χ2n) is 10.2. The molecule has 218 valence electrons. The van der Waals surface area contributed by atoms with E-state index < -0.39 is 0 Å². The van der Waals surface area contributed by atoms with E-state index in [1.165, 1.54) is 22.3 Å². The lowest BCUT2D eigenvalue weighted by Gasteiger charge is -2.36. The summed E-state index contributed by atoms with van der Waals surface area (Å²) in [5, 5.41) is 4.25. The number of carbonyl (C=O) groups excluding carboxylic acids is 1. The van der Waals surface area contributed by atoms with Gasteiger partial charge in [0.25, 0.3) is 5.91 Å². The van der Waals surface area contributed by atoms with Gasteiger partial charge in [-0.2, -0.15) is 0 Å². The van der Waals surface area contributed by atoms with Gasteiger partial charge in [0, 0.05) is 62.9 Å². The Morgan fingerprint density at radius 3 is 2.12 bits per heavy atom. The van der Waals surface area contributed by atoms with Crippen molar-refractivity contribution in [1.82, 2.24) is 20.0 Å². The van der Waals surface area contributed by atoms with Crippen molar-refractivity contribution in [2.75, 3.05) is 52.4 Å². The third-order valence-corrected chi connectivity index (χ3v) is 7.82. The Bertz CT molecular complexity index is 1170. The summed E-state index contributed by atoms with van der Waals surface area (Å²) in [5.74, 6) is 0.130. The maximum Gasteiger partial charge on any atom is 0.254 e. The van der Waals surface area contributed by atoms with Crippen molar-refractivity contribution in [1.29, 1.82) is 0 Å². The third-order valence-electron chi connectivity index (χ3n) is 7.57. The van der Waals surface area contributed by atoms with Crippen molar-refractivity contribution < 1.29 is 4.79 Å². The molecule has 3 aromatic rings. The van der Waals surface area contributed by atoms with Gasteiger partial charge in [0.1, 0.15) is 0 Å². The Morgan fingerprint density at radius 1 is 0.775 bits per heavy atom. The molecular weight excluding hydrogens is 586 g/mol. The van der Waals surface area contributed by atoms with E-state index in [0.29, 0.717) is 6.54 Å². The fraction of sp³-hybridized carbons (Fsp3) is 0.387. The molecule has 0 bridgehead atoms. The van der Waals surface area contributed by atoms with Gasteiger partial charge in [0.05, 0.1) is 0 Å². The summed E-state index contributed by atoms with van der Waals surface area (Å²) in [4.78, 5) is 20.8. The fourth-order valence-corrected chi connectivity index (χ4v) is 5.45. The predicted molar refractivity (Wildman–Crippen MR) is 173 cm³/mol. The molecule has 0 atom stereocenters. The molecule has 1 amide bonds. The lowest BCUT2D eigenvalue weighted by atomic mass is 9.99. The molecular formula is C31H40Cl4N4O. The van der Waals surface area contributed by atoms with Crippen LogP contribution < -0.4 is 5.32 Å². The van der Waals surface area contributed by atoms with Gasteiger partial charge in [-0.1, -0.05) is 60.1 Å². The number of rotatable bonds is 8. The van der Waals surface area contributed by atoms with Crippen LogP contribution >= 0.6 is 48.8 Å². The Balaban J connectivity index is 0.00000187. The maximum atomic E-state index is 13.7. The van der Waals surface area contributed by atoms with E-state index in [2.05, 4.69) is 51.5 Å². The summed E-state index contributed by atoms with van der Waals surface area (Å²) < 4.78 is 0. The standard InChI is InChI=1S/C31H37ClN4O.3ClH/c32-30-10-6-26(7-11-30)23-35-18-16-34(17-19-35)20-21-36(24-25-4-2-1-3-5-25)31(37)29-9-8-27-12-14-33-15-13-28(27)22-29;;;/h1-11,22,33H,12-21,23-24H2;3*1H. The highest BCUT2D eigenvalue weighted by atomic mass is 35.5. The van der Waals surface area contributed by atoms with Crippen LogP contribution in [-0.4, -0.2) is 73.0 Å². The van der Waals surface area contributed by atoms with Crippen LogP contribution in [-0.2, 0) is 25.9 Å². The summed E-state index contributed by atoms with van der Waals surface area (Å²) >= 11 is 6.03. The topological polar surface area (TPSA) is 38.8 Å². The van der Waals surface area contributed by atoms with Crippen LogP contribution in [0.1, 0.15) is 32.6 Å². The van der Waals surface area contributed by atoms with Crippen molar-refractivity contribution in [3.05, 3.63) is 106 Å². The van der Waals surface area contributed by atoms with Crippen LogP contribution in [0.3, 0.4) is 0 Å². The number of hydrogen-bond acceptors (Lipinski definition) is 4. The number of halogens is 4. The molecule has 1 fully saturated rings. The average Bonchev–Trinajstić information content (AvgIpc) is 3.18. The lowest BCUT2D eigenvalue weighted by Crippen LogP contribution is -2.48. The van der Waals surface area contributed by atoms with Crippen molar-refractivity contribution in [3.8, 4) is 0 Å². The fourth-order valence-electron chi connectivity index (χ4n) is 5.33. The van der Waals surface area contributed by atoms with Crippen LogP contribution in [0.15, 0.2) is 72.8 Å². The van der Waals surface area contributed by atoms with Crippen molar-refractivity contribution in [2.45, 2.75) is 25.9 Å². The highest BCUT2D eigenvalue weighted by Gasteiger charge is 2.22. The molecule has 5 nitrogen and oxygen atoms in total. The molecule has 2 aliphatic rings. The Kier molecular flexibility index (Phi) is 14.8. The summed E-state index contributed by atoms with van der Waals surface area (Å²) in [7, 11) is 0. The molecule has 0 saturated carbocycles. The lowest BCUT2D eigenvalue weighted by molar-refractivity contribution is 0.0688. The van der Waals surface area contributed by atoms with Gasteiger partial charge in [0.2, 0.25) is 0 Å². The van der Waals surface area contributed by atoms with Crippen molar-refractivity contribution >= 4 is 54.7 Å². The first kappa shape index (κ1) is 34.4. The number of amides is 1. The highest BCUT2D eigenvalue weighted by molar-refractivity contribution is 6.30. The minimum atomic E-state index is 0. The minimum absolute atomic E-state index is 0. The molecule has 0 unspecified atom stereocenters. The zero-order chi connectivity index (χ0) is 25.5. The Morgan fingerprint density at radius 2 is 1.43 bits per heavy atom. The van der Waals surface area contributed by atoms with E-state index in [1.54, 1.807) is 0 Å². The summed E-state index contributed by atoms with van der Waals surface area (Å²) in [5.41, 5.74) is 5.96. The first-order valence-electron chi connectivity index (χ1n) is 13.5. The number of nitrogens with zero attached hydrogens (tertiary/aromatic N) is 3. The van der Waals surface area contributed by atoms with Gasteiger partial charge in [-0.25, -0.2) is 0 Å². The van der Waals surface area contributed by atoms with E-state index in [9.17, 15) is 4.79 Å². The summed E-state index contributed by atoms with van der Waals surface area (Å²) in [6.07, 6.45) is 2.01. The highest BCUT2D eigenvalue weighted by Crippen LogP contribution is 2.19. The number of nitrogens with one attached hydrogen (secondary N) is 1. The van der Waals surface area contributed by atoms with E-state index in [1.807, 2.05) is 41.3 Å². The van der Waals surface area contributed by atoms with Gasteiger partial charge in [-0.3, -0.25) is 14.6 Å². The first-order chi connectivity index (χ1) is 18.1. The second kappa shape index (κ2) is 17.2. The normalized spacial score (nSPS) is 15.4. The van der Waals surface area contributed by atoms with Crippen LogP contribution in [0.2, 0.25) is 5.02 Å². The van der Waals surface area contributed by atoms with E-state index in [0.717, 1.165) is 82.3 Å². The SMILES string of the molecule is Cl.Cl.Cl.O=C(c1ccc2c(c1)CCNCC2)N(CCN1CCN(Cc2ccc(Cl)cc2)CC1)Cc1ccccc1. The molecule has 1 saturated heterocycles. The van der Waals surface area contributed by atoms with Crippen molar-refractivity contribution in [3.63, 3.8) is 0 Å². The molecule has 0 aromatic heterocycles. The van der Waals surface area contributed by atoms with Gasteiger partial charge in [-0.05, 0) is 72.5 Å². The second-order valence-corrected chi connectivity index (χ2v) is 10.6. The van der Waals surface area contributed by atoms with Gasteiger partial charge < -0.3 is 10.2 Å². The zero-order valence-corrected chi connectivity index (χ0v) is 26.0. The number of fused-ring (bicyclic) bond motifs is 1. The summed E-state index contributed by atoms with van der Waals surface area (Å²) in [6, 6.07) is 24.8. The first-order valence-corrected chi connectivity index (χ1v) is 13.9. The van der Waals surface area contributed by atoms with E-state index in [4.69, 9.17) is 11.6 Å². The van der Waals surface area contributed by atoms with Crippen LogP contribution in [0.4, 0.5) is 0 Å². The maximum absolute atomic E-state index is 13.7. The smallest absolute Gasteiger partial charge is 0.254 e. The zero-order valence-electron chi connectivity index (χ0n) is 22.8. The molecule has 1 N–H and O–H groups in total. The van der Waals surface area contributed by atoms with E-state index >= 15 is 0 Å². The molecule has 9 heteroatoms. The molecule has 2 heterocycles. The van der Waals surface area contributed by atoms with Gasteiger partial charge >= 0.3 is 0 Å². The molecule has 3 aromatic carbocycles. The quantitative estimate of drug-likeness (QED) is 0.346. The molecule has 0 spiro atoms. The number of piperazine rings is 1. The molecule has 40 heavy (non-hydrogen) atoms. The van der Waals surface area contributed by atoms with Crippen LogP contribution in [0.5, 0.6) is 0 Å². The van der Waals surface area contributed by atoms with Crippen molar-refractivity contribution in [2.24, 2.45) is 0 Å². The Labute approximate surface area is 262 Å². The molecule has 0 aliphatic carbocycles.